The summed E-state index contributed by atoms with van der Waals surface area (Å²) in [6, 6.07) is 21.0. The third-order valence-corrected chi connectivity index (χ3v) is 25.1. The van der Waals surface area contributed by atoms with Gasteiger partial charge < -0.3 is 60.8 Å². The number of rotatable bonds is 15. The predicted octanol–water partition coefficient (Wildman–Crippen LogP) is 10.1. The second-order valence-corrected chi connectivity index (χ2v) is 32.3. The number of allylic oxidation sites excluding steroid dienone is 2. The van der Waals surface area contributed by atoms with Crippen LogP contribution in [0.15, 0.2) is 84.9 Å². The SMILES string of the molecule is CC[C@@H](C)C(=O)N[C@H]1CCO[C@H]2CC(C)(C)[C@@H](C(=O)N[C@@H]3CCCc4ccccc43)N2C1=O.CC[C@@H](C)C(=O)N[C@H]1CCO[C@H]2CC3(CC=CC3)C(C(=O)N[C@@H]3CCCc4ccccc43)N2C1=O.CC[C@@H](C)C(=O)N[C@H]1CCO[C@H]2CC3(CCCC3)C(C(=O)N[C@@H]3CCCc4ccccc43)N2C1=O. The Labute approximate surface area is 609 Å². The zero-order valence-electron chi connectivity index (χ0n) is 62.1. The fraction of sp³-hybridized carbons (Fsp3) is 0.646. The number of fused-ring (bicyclic) bond motifs is 6. The summed E-state index contributed by atoms with van der Waals surface area (Å²) in [5.74, 6) is -1.77. The molecule has 14 rings (SSSR count). The van der Waals surface area contributed by atoms with Crippen LogP contribution in [0, 0.1) is 34.0 Å². The number of carbonyl (C=O) groups excluding carboxylic acids is 9. The standard InChI is InChI=1S/C28H39N3O4.C28H37N3O4.C26H37N3O4/c2*1-3-18(2)25(32)30-22-13-16-35-23-17-28(14-6-7-15-28)24(31(23)27(22)34)26(33)29-21-12-8-10-19-9-4-5-11-20(19)21;1-5-16(2)23(30)28-20-13-14-33-21-15-26(3,4)22(29(21)25(20)32)24(31)27-19-12-8-10-17-9-6-7-11-18(17)19/h4-5,9,11,18,21-24H,3,6-8,10,12-17H2,1-2H3,(H,29,33)(H,30,32);4-7,9,11,18,21-24H,3,8,10,12-17H2,1-2H3,(H,29,33)(H,30,32);6-7,9,11,16,19-22H,5,8,10,12-15H2,1-4H3,(H,27,31)(H,28,30)/t2*18-,21-,22+,23+,24?;16-,19-,20+,21+,22-/m111/s1. The van der Waals surface area contributed by atoms with Gasteiger partial charge in [-0.05, 0) is 148 Å². The molecule has 21 heteroatoms. The smallest absolute Gasteiger partial charge is 0.247 e. The van der Waals surface area contributed by atoms with Gasteiger partial charge in [0.1, 0.15) is 54.9 Å². The molecule has 9 amide bonds. The molecule has 21 nitrogen and oxygen atoms in total. The van der Waals surface area contributed by atoms with E-state index in [1.165, 1.54) is 33.4 Å². The van der Waals surface area contributed by atoms with Crippen molar-refractivity contribution in [3.8, 4) is 0 Å². The largest absolute Gasteiger partial charge is 0.358 e. The number of amides is 9. The zero-order chi connectivity index (χ0) is 72.9. The highest BCUT2D eigenvalue weighted by molar-refractivity contribution is 5.96. The average Bonchev–Trinajstić information content (AvgIpc) is 1.59. The molecule has 6 N–H and O–H groups in total. The van der Waals surface area contributed by atoms with Crippen LogP contribution in [-0.2, 0) is 76.6 Å². The molecule has 7 fully saturated rings. The summed E-state index contributed by atoms with van der Waals surface area (Å²) < 4.78 is 18.4. The van der Waals surface area contributed by atoms with Crippen molar-refractivity contribution in [3.05, 3.63) is 118 Å². The molecule has 2 unspecified atom stereocenters. The van der Waals surface area contributed by atoms with Crippen molar-refractivity contribution >= 4 is 53.2 Å². The van der Waals surface area contributed by atoms with Crippen LogP contribution >= 0.6 is 0 Å². The number of ether oxygens (including phenoxy) is 3. The van der Waals surface area contributed by atoms with Gasteiger partial charge in [-0.2, -0.15) is 0 Å². The Morgan fingerprint density at radius 1 is 0.417 bits per heavy atom. The molecule has 6 aliphatic heterocycles. The van der Waals surface area contributed by atoms with E-state index in [-0.39, 0.29) is 99.9 Å². The van der Waals surface area contributed by atoms with Gasteiger partial charge in [-0.3, -0.25) is 43.2 Å². The van der Waals surface area contributed by atoms with Crippen LogP contribution < -0.4 is 31.9 Å². The first-order valence-electron chi connectivity index (χ1n) is 39.1. The lowest BCUT2D eigenvalue weighted by Crippen LogP contribution is -2.58. The molecule has 2 spiro atoms. The minimum Gasteiger partial charge on any atom is -0.358 e. The summed E-state index contributed by atoms with van der Waals surface area (Å²) in [5.41, 5.74) is 6.35. The Morgan fingerprint density at radius 3 is 1.11 bits per heavy atom. The molecule has 5 aliphatic carbocycles. The Hall–Kier alpha value is -7.49. The molecule has 1 saturated carbocycles. The molecule has 3 aromatic carbocycles. The molecule has 6 heterocycles. The van der Waals surface area contributed by atoms with E-state index >= 15 is 0 Å². The van der Waals surface area contributed by atoms with Gasteiger partial charge in [-0.15, -0.1) is 0 Å². The van der Waals surface area contributed by atoms with Crippen molar-refractivity contribution in [1.29, 1.82) is 0 Å². The minimum absolute atomic E-state index is 0.0335. The second kappa shape index (κ2) is 32.5. The van der Waals surface area contributed by atoms with Gasteiger partial charge in [0.25, 0.3) is 0 Å². The molecule has 0 bridgehead atoms. The highest BCUT2D eigenvalue weighted by Gasteiger charge is 2.62. The monoisotopic (exact) mass is 1420 g/mol. The van der Waals surface area contributed by atoms with Crippen LogP contribution in [0.2, 0.25) is 0 Å². The first kappa shape index (κ1) is 75.2. The van der Waals surface area contributed by atoms with Crippen LogP contribution in [0.4, 0.5) is 0 Å². The number of nitrogens with one attached hydrogen (secondary N) is 6. The van der Waals surface area contributed by atoms with Gasteiger partial charge in [-0.25, -0.2) is 0 Å². The number of hydrogen-bond acceptors (Lipinski definition) is 12. The first-order chi connectivity index (χ1) is 49.6. The van der Waals surface area contributed by atoms with Crippen molar-refractivity contribution in [2.24, 2.45) is 34.0 Å². The number of benzene rings is 3. The Kier molecular flexibility index (Phi) is 23.7. The summed E-state index contributed by atoms with van der Waals surface area (Å²) >= 11 is 0. The molecule has 0 aromatic heterocycles. The van der Waals surface area contributed by atoms with E-state index < -0.39 is 60.3 Å². The van der Waals surface area contributed by atoms with Crippen LogP contribution in [0.5, 0.6) is 0 Å². The number of aryl methyl sites for hydroxylation is 3. The van der Waals surface area contributed by atoms with Crippen molar-refractivity contribution in [3.63, 3.8) is 0 Å². The quantitative estimate of drug-likeness (QED) is 0.0777. The lowest BCUT2D eigenvalue weighted by atomic mass is 9.77. The van der Waals surface area contributed by atoms with Gasteiger partial charge in [0.05, 0.1) is 37.9 Å². The third kappa shape index (κ3) is 15.8. The molecule has 11 aliphatic rings. The van der Waals surface area contributed by atoms with Crippen LogP contribution in [-0.4, -0.2) is 143 Å². The normalized spacial score (nSPS) is 29.9. The second-order valence-electron chi connectivity index (χ2n) is 32.3. The van der Waals surface area contributed by atoms with Gasteiger partial charge in [0.2, 0.25) is 53.2 Å². The summed E-state index contributed by atoms with van der Waals surface area (Å²) in [5, 5.41) is 18.7. The summed E-state index contributed by atoms with van der Waals surface area (Å²) in [4.78, 5) is 126. The molecule has 103 heavy (non-hydrogen) atoms. The predicted molar refractivity (Wildman–Crippen MR) is 389 cm³/mol. The fourth-order valence-electron chi connectivity index (χ4n) is 18.7. The van der Waals surface area contributed by atoms with E-state index in [9.17, 15) is 43.2 Å². The van der Waals surface area contributed by atoms with E-state index in [0.717, 1.165) is 96.3 Å². The molecule has 3 aromatic rings. The maximum atomic E-state index is 14.0. The molecule has 15 atom stereocenters. The summed E-state index contributed by atoms with van der Waals surface area (Å²) in [7, 11) is 0. The van der Waals surface area contributed by atoms with Gasteiger partial charge >= 0.3 is 0 Å². The van der Waals surface area contributed by atoms with Crippen LogP contribution in [0.25, 0.3) is 0 Å². The maximum Gasteiger partial charge on any atom is 0.247 e. The number of hydrogen-bond donors (Lipinski definition) is 6. The lowest BCUT2D eigenvalue weighted by molar-refractivity contribution is -0.150. The zero-order valence-corrected chi connectivity index (χ0v) is 62.1. The van der Waals surface area contributed by atoms with Crippen molar-refractivity contribution in [2.45, 2.75) is 283 Å². The summed E-state index contributed by atoms with van der Waals surface area (Å²) in [6.45, 7) is 16.7. The van der Waals surface area contributed by atoms with E-state index in [1.807, 2.05) is 85.7 Å². The van der Waals surface area contributed by atoms with Gasteiger partial charge in [-0.1, -0.05) is 153 Å². The molecular weight excluding hydrogens is 1300 g/mol. The summed E-state index contributed by atoms with van der Waals surface area (Å²) in [6.07, 6.45) is 22.6. The highest BCUT2D eigenvalue weighted by atomic mass is 16.5. The minimum atomic E-state index is -0.670. The average molecular weight is 1420 g/mol. The van der Waals surface area contributed by atoms with E-state index in [1.54, 1.807) is 14.7 Å². The first-order valence-corrected chi connectivity index (χ1v) is 39.1. The van der Waals surface area contributed by atoms with Crippen molar-refractivity contribution < 1.29 is 57.4 Å². The number of nitrogens with zero attached hydrogens (tertiary/aromatic N) is 3. The Balaban J connectivity index is 0.000000146. The Morgan fingerprint density at radius 2 is 0.738 bits per heavy atom. The van der Waals surface area contributed by atoms with Gasteiger partial charge in [0.15, 0.2) is 0 Å². The van der Waals surface area contributed by atoms with Crippen molar-refractivity contribution in [1.82, 2.24) is 46.6 Å². The lowest BCUT2D eigenvalue weighted by Gasteiger charge is -2.37. The molecule has 6 saturated heterocycles. The van der Waals surface area contributed by atoms with Crippen molar-refractivity contribution in [2.75, 3.05) is 19.8 Å². The van der Waals surface area contributed by atoms with Crippen LogP contribution in [0.3, 0.4) is 0 Å². The molecular formula is C82H113N9O12. The number of carbonyl (C=O) groups is 9. The third-order valence-electron chi connectivity index (χ3n) is 25.1. The molecule has 558 valence electrons. The highest BCUT2D eigenvalue weighted by Crippen LogP contribution is 2.54. The van der Waals surface area contributed by atoms with E-state index in [2.05, 4.69) is 86.5 Å². The molecule has 0 radical (unpaired) electrons. The maximum absolute atomic E-state index is 14.0. The van der Waals surface area contributed by atoms with Crippen LogP contribution in [0.1, 0.15) is 242 Å². The van der Waals surface area contributed by atoms with E-state index in [0.29, 0.717) is 77.6 Å². The van der Waals surface area contributed by atoms with Gasteiger partial charge in [0, 0.05) is 60.7 Å². The van der Waals surface area contributed by atoms with E-state index in [4.69, 9.17) is 14.2 Å². The topological polar surface area (TPSA) is 263 Å². The Bertz CT molecular complexity index is 3500. The fourth-order valence-corrected chi connectivity index (χ4v) is 18.7.